The molecule has 0 radical (unpaired) electrons. The molecule has 0 saturated carbocycles. The van der Waals surface area contributed by atoms with Crippen molar-refractivity contribution in [3.63, 3.8) is 0 Å². The lowest BCUT2D eigenvalue weighted by atomic mass is 9.84. The minimum Gasteiger partial charge on any atom is -0.306 e. The number of fused-ring (bicyclic) bond motifs is 11. The molecule has 11 aromatic rings. The maximum atomic E-state index is 11.7. The highest BCUT2D eigenvalue weighted by Crippen LogP contribution is 2.54. The maximum absolute atomic E-state index is 11.7. The molecule has 254 valence electrons. The monoisotopic (exact) mass is 733 g/mol. The van der Waals surface area contributed by atoms with E-state index in [2.05, 4.69) is 113 Å². The number of aromatic nitrogens is 1. The standard InChI is InChI=1S/C50H27N3S2/c1-52-45-43(31-17-7-3-8-18-31)42(30-15-5-2-6-16-30)39(29-51)46(44(45)32-19-9-4-10-20-32)53-47-35(25-27-37-33-21-11-13-23-40(33)54-49(37)47)36-26-28-38-34-22-12-14-24-41(34)55-50(38)48(36)53/h2-28H. The summed E-state index contributed by atoms with van der Waals surface area (Å²) in [7, 11) is 0. The average Bonchev–Trinajstić information content (AvgIpc) is 3.93. The number of nitriles is 1. The van der Waals surface area contributed by atoms with Gasteiger partial charge in [-0.2, -0.15) is 5.26 Å². The van der Waals surface area contributed by atoms with Crippen molar-refractivity contribution >= 4 is 90.5 Å². The van der Waals surface area contributed by atoms with Gasteiger partial charge in [0.1, 0.15) is 6.07 Å². The third kappa shape index (κ3) is 4.52. The molecule has 0 aliphatic rings. The van der Waals surface area contributed by atoms with Crippen LogP contribution in [0.25, 0.3) is 106 Å². The fraction of sp³-hybridized carbons (Fsp3) is 0. The van der Waals surface area contributed by atoms with Crippen LogP contribution in [0.4, 0.5) is 5.69 Å². The summed E-state index contributed by atoms with van der Waals surface area (Å²) in [6, 6.07) is 59.4. The van der Waals surface area contributed by atoms with Crippen LogP contribution in [0.2, 0.25) is 0 Å². The second kappa shape index (κ2) is 12.3. The Kier molecular flexibility index (Phi) is 7.03. The molecular weight excluding hydrogens is 707 g/mol. The van der Waals surface area contributed by atoms with E-state index >= 15 is 0 Å². The number of hydrogen-bond donors (Lipinski definition) is 0. The van der Waals surface area contributed by atoms with Gasteiger partial charge in [0.2, 0.25) is 5.69 Å². The van der Waals surface area contributed by atoms with Gasteiger partial charge in [-0.3, -0.25) is 0 Å². The predicted octanol–water partition coefficient (Wildman–Crippen LogP) is 14.9. The van der Waals surface area contributed by atoms with Gasteiger partial charge < -0.3 is 4.57 Å². The lowest BCUT2D eigenvalue weighted by Gasteiger charge is -2.24. The molecule has 11 rings (SSSR count). The summed E-state index contributed by atoms with van der Waals surface area (Å²) >= 11 is 3.58. The van der Waals surface area contributed by atoms with Gasteiger partial charge in [0, 0.05) is 47.3 Å². The lowest BCUT2D eigenvalue weighted by molar-refractivity contribution is 1.19. The molecule has 3 nitrogen and oxygen atoms in total. The molecule has 3 heterocycles. The largest absolute Gasteiger partial charge is 0.306 e. The van der Waals surface area contributed by atoms with Crippen molar-refractivity contribution in [2.24, 2.45) is 0 Å². The van der Waals surface area contributed by atoms with Gasteiger partial charge in [-0.15, -0.1) is 22.7 Å². The number of nitrogens with zero attached hydrogens (tertiary/aromatic N) is 3. The van der Waals surface area contributed by atoms with Gasteiger partial charge >= 0.3 is 0 Å². The van der Waals surface area contributed by atoms with E-state index in [0.717, 1.165) is 70.3 Å². The molecule has 8 aromatic carbocycles. The van der Waals surface area contributed by atoms with Crippen LogP contribution in [0.5, 0.6) is 0 Å². The lowest BCUT2D eigenvalue weighted by Crippen LogP contribution is -2.05. The highest BCUT2D eigenvalue weighted by molar-refractivity contribution is 7.27. The smallest absolute Gasteiger partial charge is 0.205 e. The van der Waals surface area contributed by atoms with Gasteiger partial charge in [-0.05, 0) is 39.9 Å². The van der Waals surface area contributed by atoms with Crippen molar-refractivity contribution in [2.75, 3.05) is 0 Å². The number of benzene rings is 8. The van der Waals surface area contributed by atoms with Gasteiger partial charge in [-0.25, -0.2) is 4.85 Å². The molecule has 5 heteroatoms. The first kappa shape index (κ1) is 31.5. The molecule has 0 amide bonds. The normalized spacial score (nSPS) is 11.6. The van der Waals surface area contributed by atoms with E-state index in [1.54, 1.807) is 22.7 Å². The molecular formula is C50H27N3S2. The third-order valence-corrected chi connectivity index (χ3v) is 13.2. The quantitative estimate of drug-likeness (QED) is 0.166. The first-order valence-corrected chi connectivity index (χ1v) is 19.7. The zero-order chi connectivity index (χ0) is 36.6. The Hall–Kier alpha value is -7.02. The molecule has 0 saturated heterocycles. The highest BCUT2D eigenvalue weighted by Gasteiger charge is 2.31. The van der Waals surface area contributed by atoms with Crippen molar-refractivity contribution in [2.45, 2.75) is 0 Å². The summed E-state index contributed by atoms with van der Waals surface area (Å²) in [4.78, 5) is 4.44. The molecule has 0 atom stereocenters. The van der Waals surface area contributed by atoms with Crippen LogP contribution in [-0.2, 0) is 0 Å². The Morgan fingerprint density at radius 3 is 1.35 bits per heavy atom. The van der Waals surface area contributed by atoms with E-state index in [4.69, 9.17) is 6.57 Å². The van der Waals surface area contributed by atoms with E-state index in [1.165, 1.54) is 30.9 Å². The fourth-order valence-corrected chi connectivity index (χ4v) is 11.1. The Bertz CT molecular complexity index is 3300. The Labute approximate surface area is 324 Å². The Morgan fingerprint density at radius 2 is 0.873 bits per heavy atom. The second-order valence-corrected chi connectivity index (χ2v) is 15.8. The maximum Gasteiger partial charge on any atom is 0.205 e. The summed E-state index contributed by atoms with van der Waals surface area (Å²) in [6.45, 7) is 9.00. The first-order chi connectivity index (χ1) is 27.2. The fourth-order valence-electron chi connectivity index (χ4n) is 8.59. The van der Waals surface area contributed by atoms with Crippen LogP contribution >= 0.6 is 22.7 Å². The van der Waals surface area contributed by atoms with Crippen molar-refractivity contribution in [1.82, 2.24) is 4.57 Å². The summed E-state index contributed by atoms with van der Waals surface area (Å²) < 4.78 is 7.11. The van der Waals surface area contributed by atoms with Crippen LogP contribution < -0.4 is 0 Å². The molecule has 0 spiro atoms. The first-order valence-electron chi connectivity index (χ1n) is 18.1. The molecule has 0 fully saturated rings. The third-order valence-electron chi connectivity index (χ3n) is 10.9. The van der Waals surface area contributed by atoms with Gasteiger partial charge in [0.05, 0.1) is 38.3 Å². The summed E-state index contributed by atoms with van der Waals surface area (Å²) in [5.41, 5.74) is 8.84. The van der Waals surface area contributed by atoms with Crippen molar-refractivity contribution in [3.05, 3.63) is 181 Å². The summed E-state index contributed by atoms with van der Waals surface area (Å²) in [5.74, 6) is 0. The zero-order valence-corrected chi connectivity index (χ0v) is 30.9. The average molecular weight is 734 g/mol. The number of thiophene rings is 2. The summed E-state index contributed by atoms with van der Waals surface area (Å²) in [5, 5.41) is 18.8. The van der Waals surface area contributed by atoms with E-state index in [-0.39, 0.29) is 0 Å². The van der Waals surface area contributed by atoms with Crippen LogP contribution in [0.15, 0.2) is 164 Å². The minimum absolute atomic E-state index is 0.521. The van der Waals surface area contributed by atoms with Crippen LogP contribution in [0.3, 0.4) is 0 Å². The van der Waals surface area contributed by atoms with Crippen molar-refractivity contribution in [3.8, 4) is 45.1 Å². The highest BCUT2D eigenvalue weighted by atomic mass is 32.1. The van der Waals surface area contributed by atoms with Gasteiger partial charge in [-0.1, -0.05) is 152 Å². The molecule has 0 unspecified atom stereocenters. The zero-order valence-electron chi connectivity index (χ0n) is 29.2. The summed E-state index contributed by atoms with van der Waals surface area (Å²) in [6.07, 6.45) is 0. The molecule has 0 bridgehead atoms. The van der Waals surface area contributed by atoms with Gasteiger partial charge in [0.25, 0.3) is 0 Å². The predicted molar refractivity (Wildman–Crippen MR) is 234 cm³/mol. The molecule has 0 aliphatic carbocycles. The van der Waals surface area contributed by atoms with E-state index in [0.29, 0.717) is 11.3 Å². The molecule has 3 aromatic heterocycles. The van der Waals surface area contributed by atoms with Crippen molar-refractivity contribution < 1.29 is 0 Å². The van der Waals surface area contributed by atoms with E-state index < -0.39 is 0 Å². The van der Waals surface area contributed by atoms with E-state index in [1.807, 2.05) is 66.7 Å². The van der Waals surface area contributed by atoms with E-state index in [9.17, 15) is 5.26 Å². The molecule has 0 aliphatic heterocycles. The van der Waals surface area contributed by atoms with Crippen LogP contribution in [-0.4, -0.2) is 4.57 Å². The minimum atomic E-state index is 0.521. The van der Waals surface area contributed by atoms with Crippen molar-refractivity contribution in [1.29, 1.82) is 5.26 Å². The van der Waals surface area contributed by atoms with Gasteiger partial charge in [0.15, 0.2) is 0 Å². The molecule has 55 heavy (non-hydrogen) atoms. The van der Waals surface area contributed by atoms with Crippen LogP contribution in [0, 0.1) is 17.9 Å². The number of rotatable bonds is 4. The Morgan fingerprint density at radius 1 is 0.455 bits per heavy atom. The topological polar surface area (TPSA) is 33.1 Å². The second-order valence-electron chi connectivity index (χ2n) is 13.7. The SMILES string of the molecule is [C-]#[N+]c1c(-c2ccccc2)c(-c2ccccc2)c(C#N)c(-n2c3c(ccc4c5ccccc5sc43)c3ccc4c5ccccc5sc4c32)c1-c1ccccc1. The Balaban J connectivity index is 1.47. The number of hydrogen-bond acceptors (Lipinski definition) is 3. The molecule has 0 N–H and O–H groups in total. The van der Waals surface area contributed by atoms with Crippen LogP contribution in [0.1, 0.15) is 5.56 Å².